The van der Waals surface area contributed by atoms with Gasteiger partial charge in [0, 0.05) is 18.3 Å². The topological polar surface area (TPSA) is 61.2 Å². The van der Waals surface area contributed by atoms with Gasteiger partial charge in [0.25, 0.3) is 0 Å². The molecule has 0 aliphatic heterocycles. The van der Waals surface area contributed by atoms with Gasteiger partial charge in [0.2, 0.25) is 5.78 Å². The Morgan fingerprint density at radius 3 is 2.43 bits per heavy atom. The third-order valence-corrected chi connectivity index (χ3v) is 3.24. The molecule has 0 bridgehead atoms. The van der Waals surface area contributed by atoms with Crippen LogP contribution in [0.15, 0.2) is 30.5 Å². The van der Waals surface area contributed by atoms with Gasteiger partial charge >= 0.3 is 5.97 Å². The molecule has 0 N–H and O–H groups in total. The van der Waals surface area contributed by atoms with Crippen molar-refractivity contribution < 1.29 is 18.7 Å². The fourth-order valence-corrected chi connectivity index (χ4v) is 1.83. The van der Waals surface area contributed by atoms with E-state index in [2.05, 4.69) is 5.10 Å². The van der Waals surface area contributed by atoms with Gasteiger partial charge in [0.05, 0.1) is 6.20 Å². The Balaban J connectivity index is 2.09. The van der Waals surface area contributed by atoms with Crippen LogP contribution in [0.25, 0.3) is 0 Å². The van der Waals surface area contributed by atoms with Crippen LogP contribution >= 0.6 is 0 Å². The summed E-state index contributed by atoms with van der Waals surface area (Å²) in [4.78, 5) is 24.1. The number of aromatic nitrogens is 2. The lowest BCUT2D eigenvalue weighted by Crippen LogP contribution is -2.24. The quantitative estimate of drug-likeness (QED) is 0.640. The standard InChI is InChI=1S/C15H15FN2O3/c1-9-13(8-17-18(9)3)15(20)21-10(2)14(19)11-4-6-12(16)7-5-11/h4-8,10H,1-3H3/t10-/m0/s1. The number of carbonyl (C=O) groups is 2. The van der Waals surface area contributed by atoms with Crippen LogP contribution in [0, 0.1) is 12.7 Å². The Morgan fingerprint density at radius 2 is 1.90 bits per heavy atom. The Kier molecular flexibility index (Phi) is 4.16. The van der Waals surface area contributed by atoms with Gasteiger partial charge in [-0.3, -0.25) is 9.48 Å². The summed E-state index contributed by atoms with van der Waals surface area (Å²) < 4.78 is 19.5. The molecule has 21 heavy (non-hydrogen) atoms. The zero-order chi connectivity index (χ0) is 15.6. The average molecular weight is 290 g/mol. The second kappa shape index (κ2) is 5.87. The molecule has 0 spiro atoms. The fourth-order valence-electron chi connectivity index (χ4n) is 1.83. The molecule has 1 heterocycles. The molecule has 0 aliphatic rings. The van der Waals surface area contributed by atoms with Crippen molar-refractivity contribution in [2.45, 2.75) is 20.0 Å². The molecule has 0 saturated carbocycles. The normalized spacial score (nSPS) is 12.0. The van der Waals surface area contributed by atoms with Gasteiger partial charge in [-0.15, -0.1) is 0 Å². The van der Waals surface area contributed by atoms with Gasteiger partial charge in [-0.1, -0.05) is 0 Å². The van der Waals surface area contributed by atoms with Crippen molar-refractivity contribution in [3.05, 3.63) is 53.1 Å². The second-order valence-electron chi connectivity index (χ2n) is 4.69. The van der Waals surface area contributed by atoms with Crippen LogP contribution in [0.1, 0.15) is 33.3 Å². The molecule has 5 nitrogen and oxygen atoms in total. The zero-order valence-corrected chi connectivity index (χ0v) is 12.0. The predicted octanol–water partition coefficient (Wildman–Crippen LogP) is 2.30. The molecule has 6 heteroatoms. The summed E-state index contributed by atoms with van der Waals surface area (Å²) in [7, 11) is 1.71. The maximum Gasteiger partial charge on any atom is 0.342 e. The number of hydrogen-bond acceptors (Lipinski definition) is 4. The van der Waals surface area contributed by atoms with Gasteiger partial charge in [-0.2, -0.15) is 5.10 Å². The van der Waals surface area contributed by atoms with Crippen LogP contribution in [-0.4, -0.2) is 27.6 Å². The summed E-state index contributed by atoms with van der Waals surface area (Å²) in [6.07, 6.45) is 0.440. The van der Waals surface area contributed by atoms with Crippen LogP contribution in [0.3, 0.4) is 0 Å². The molecular formula is C15H15FN2O3. The molecule has 0 saturated heterocycles. The van der Waals surface area contributed by atoms with Crippen LogP contribution < -0.4 is 0 Å². The molecule has 2 aromatic rings. The van der Waals surface area contributed by atoms with Crippen LogP contribution in [0.4, 0.5) is 4.39 Å². The number of ketones is 1. The molecule has 0 amide bonds. The molecule has 0 fully saturated rings. The van der Waals surface area contributed by atoms with E-state index in [1.165, 1.54) is 37.4 Å². The number of Topliss-reactive ketones (excluding diaryl/α,β-unsaturated/α-hetero) is 1. The molecule has 1 aromatic carbocycles. The summed E-state index contributed by atoms with van der Waals surface area (Å²) in [6, 6.07) is 5.09. The average Bonchev–Trinajstić information content (AvgIpc) is 2.79. The lowest BCUT2D eigenvalue weighted by Gasteiger charge is -2.12. The highest BCUT2D eigenvalue weighted by molar-refractivity contribution is 6.01. The monoisotopic (exact) mass is 290 g/mol. The Bertz CT molecular complexity index is 677. The predicted molar refractivity (Wildman–Crippen MR) is 73.6 cm³/mol. The van der Waals surface area contributed by atoms with E-state index in [1.54, 1.807) is 18.7 Å². The van der Waals surface area contributed by atoms with Crippen molar-refractivity contribution in [2.24, 2.45) is 7.05 Å². The van der Waals surface area contributed by atoms with E-state index in [4.69, 9.17) is 4.74 Å². The molecule has 2 rings (SSSR count). The molecule has 0 aliphatic carbocycles. The number of carbonyl (C=O) groups excluding carboxylic acids is 2. The smallest absolute Gasteiger partial charge is 0.342 e. The van der Waals surface area contributed by atoms with Crippen LogP contribution in [0.2, 0.25) is 0 Å². The highest BCUT2D eigenvalue weighted by Crippen LogP contribution is 2.12. The first kappa shape index (κ1) is 14.9. The number of hydrogen-bond donors (Lipinski definition) is 0. The third kappa shape index (κ3) is 3.16. The van der Waals surface area contributed by atoms with E-state index in [1.807, 2.05) is 0 Å². The van der Waals surface area contributed by atoms with Crippen LogP contribution in [0.5, 0.6) is 0 Å². The summed E-state index contributed by atoms with van der Waals surface area (Å²) in [5, 5.41) is 3.95. The zero-order valence-electron chi connectivity index (χ0n) is 12.0. The van der Waals surface area contributed by atoms with Gasteiger partial charge in [-0.25, -0.2) is 9.18 Å². The lowest BCUT2D eigenvalue weighted by molar-refractivity contribution is 0.0318. The third-order valence-electron chi connectivity index (χ3n) is 3.24. The maximum absolute atomic E-state index is 12.8. The number of esters is 1. The summed E-state index contributed by atoms with van der Waals surface area (Å²) >= 11 is 0. The van der Waals surface area contributed by atoms with E-state index in [9.17, 15) is 14.0 Å². The first-order valence-electron chi connectivity index (χ1n) is 6.39. The number of rotatable bonds is 4. The minimum atomic E-state index is -0.956. The summed E-state index contributed by atoms with van der Waals surface area (Å²) in [6.45, 7) is 3.21. The first-order valence-corrected chi connectivity index (χ1v) is 6.39. The Hall–Kier alpha value is -2.50. The van der Waals surface area contributed by atoms with Crippen molar-refractivity contribution in [2.75, 3.05) is 0 Å². The Morgan fingerprint density at radius 1 is 1.29 bits per heavy atom. The number of aryl methyl sites for hydroxylation is 1. The van der Waals surface area contributed by atoms with Crippen molar-refractivity contribution in [3.63, 3.8) is 0 Å². The number of nitrogens with zero attached hydrogens (tertiary/aromatic N) is 2. The van der Waals surface area contributed by atoms with E-state index in [0.717, 1.165) is 0 Å². The molecule has 0 radical (unpaired) electrons. The second-order valence-corrected chi connectivity index (χ2v) is 4.69. The number of ether oxygens (including phenoxy) is 1. The van der Waals surface area contributed by atoms with Gasteiger partial charge in [0.15, 0.2) is 6.10 Å². The molecule has 1 aromatic heterocycles. The highest BCUT2D eigenvalue weighted by atomic mass is 19.1. The maximum atomic E-state index is 12.8. The fraction of sp³-hybridized carbons (Fsp3) is 0.267. The Labute approximate surface area is 121 Å². The van der Waals surface area contributed by atoms with Crippen molar-refractivity contribution in [3.8, 4) is 0 Å². The SMILES string of the molecule is Cc1c(C(=O)O[C@@H](C)C(=O)c2ccc(F)cc2)cnn1C. The molecule has 1 atom stereocenters. The minimum absolute atomic E-state index is 0.291. The highest BCUT2D eigenvalue weighted by Gasteiger charge is 2.22. The minimum Gasteiger partial charge on any atom is -0.451 e. The number of benzene rings is 1. The van der Waals surface area contributed by atoms with Crippen LogP contribution in [-0.2, 0) is 11.8 Å². The first-order chi connectivity index (χ1) is 9.90. The largest absolute Gasteiger partial charge is 0.451 e. The number of halogens is 1. The van der Waals surface area contributed by atoms with E-state index < -0.39 is 17.9 Å². The van der Waals surface area contributed by atoms with E-state index in [0.29, 0.717) is 16.8 Å². The van der Waals surface area contributed by atoms with Crippen molar-refractivity contribution >= 4 is 11.8 Å². The van der Waals surface area contributed by atoms with Gasteiger partial charge < -0.3 is 4.74 Å². The molecule has 110 valence electrons. The lowest BCUT2D eigenvalue weighted by atomic mass is 10.1. The van der Waals surface area contributed by atoms with Crippen molar-refractivity contribution in [1.82, 2.24) is 9.78 Å². The van der Waals surface area contributed by atoms with Crippen molar-refractivity contribution in [1.29, 1.82) is 0 Å². The molecule has 0 unspecified atom stereocenters. The molecular weight excluding hydrogens is 275 g/mol. The van der Waals surface area contributed by atoms with Gasteiger partial charge in [0.1, 0.15) is 11.4 Å². The van der Waals surface area contributed by atoms with E-state index in [-0.39, 0.29) is 5.78 Å². The summed E-state index contributed by atoms with van der Waals surface area (Å²) in [5.74, 6) is -1.42. The van der Waals surface area contributed by atoms with E-state index >= 15 is 0 Å². The summed E-state index contributed by atoms with van der Waals surface area (Å²) in [5.41, 5.74) is 1.26. The van der Waals surface area contributed by atoms with Gasteiger partial charge in [-0.05, 0) is 38.1 Å².